The lowest BCUT2D eigenvalue weighted by atomic mass is 10.0. The minimum absolute atomic E-state index is 0.171. The summed E-state index contributed by atoms with van der Waals surface area (Å²) >= 11 is 0. The molecule has 0 heterocycles. The van der Waals surface area contributed by atoms with E-state index in [1.54, 1.807) is 13.8 Å². The van der Waals surface area contributed by atoms with Gasteiger partial charge in [0.2, 0.25) is 5.91 Å². The van der Waals surface area contributed by atoms with Gasteiger partial charge in [-0.2, -0.15) is 0 Å². The number of amides is 1. The minimum Gasteiger partial charge on any atom is -0.350 e. The standard InChI is InChI=1S/C13H18F2N2O/c1-4-17-13(2,3)12(18)16-8-9-5-6-10(14)11(15)7-9/h5-7,17H,4,8H2,1-3H3,(H,16,18). The van der Waals surface area contributed by atoms with Gasteiger partial charge in [0.25, 0.3) is 0 Å². The summed E-state index contributed by atoms with van der Waals surface area (Å²) in [4.78, 5) is 11.8. The predicted octanol–water partition coefficient (Wildman–Crippen LogP) is 1.97. The zero-order valence-corrected chi connectivity index (χ0v) is 10.8. The van der Waals surface area contributed by atoms with Crippen molar-refractivity contribution in [1.29, 1.82) is 0 Å². The van der Waals surface area contributed by atoms with Crippen molar-refractivity contribution in [2.75, 3.05) is 6.54 Å². The molecule has 0 saturated heterocycles. The monoisotopic (exact) mass is 256 g/mol. The normalized spacial score (nSPS) is 11.4. The van der Waals surface area contributed by atoms with Crippen molar-refractivity contribution in [3.05, 3.63) is 35.4 Å². The summed E-state index contributed by atoms with van der Waals surface area (Å²) in [5.41, 5.74) is -0.164. The van der Waals surface area contributed by atoms with Crippen molar-refractivity contribution < 1.29 is 13.6 Å². The number of halogens is 2. The number of carbonyl (C=O) groups is 1. The highest BCUT2D eigenvalue weighted by Gasteiger charge is 2.25. The van der Waals surface area contributed by atoms with Gasteiger partial charge < -0.3 is 10.6 Å². The van der Waals surface area contributed by atoms with E-state index in [-0.39, 0.29) is 12.5 Å². The highest BCUT2D eigenvalue weighted by molar-refractivity contribution is 5.85. The Labute approximate surface area is 106 Å². The summed E-state index contributed by atoms with van der Waals surface area (Å²) in [6.45, 7) is 6.27. The number of hydrogen-bond donors (Lipinski definition) is 2. The first-order valence-electron chi connectivity index (χ1n) is 5.84. The van der Waals surface area contributed by atoms with Gasteiger partial charge in [0.05, 0.1) is 5.54 Å². The Morgan fingerprint density at radius 1 is 1.28 bits per heavy atom. The number of nitrogens with one attached hydrogen (secondary N) is 2. The van der Waals surface area contributed by atoms with Gasteiger partial charge in [0.1, 0.15) is 0 Å². The fraction of sp³-hybridized carbons (Fsp3) is 0.462. The van der Waals surface area contributed by atoms with E-state index in [4.69, 9.17) is 0 Å². The Kier molecular flexibility index (Phi) is 4.78. The maximum Gasteiger partial charge on any atom is 0.239 e. The van der Waals surface area contributed by atoms with E-state index >= 15 is 0 Å². The molecule has 0 spiro atoms. The molecular formula is C13H18F2N2O. The molecule has 1 aromatic carbocycles. The molecule has 18 heavy (non-hydrogen) atoms. The van der Waals surface area contributed by atoms with Gasteiger partial charge in [0.15, 0.2) is 11.6 Å². The Hall–Kier alpha value is -1.49. The molecule has 2 N–H and O–H groups in total. The van der Waals surface area contributed by atoms with Crippen molar-refractivity contribution in [3.63, 3.8) is 0 Å². The van der Waals surface area contributed by atoms with Gasteiger partial charge >= 0.3 is 0 Å². The van der Waals surface area contributed by atoms with Gasteiger partial charge in [-0.15, -0.1) is 0 Å². The van der Waals surface area contributed by atoms with Crippen LogP contribution in [-0.2, 0) is 11.3 Å². The van der Waals surface area contributed by atoms with Crippen molar-refractivity contribution in [2.24, 2.45) is 0 Å². The lowest BCUT2D eigenvalue weighted by Gasteiger charge is -2.24. The second-order valence-electron chi connectivity index (χ2n) is 4.59. The molecule has 0 aromatic heterocycles. The third kappa shape index (κ3) is 3.77. The lowest BCUT2D eigenvalue weighted by molar-refractivity contribution is -0.126. The van der Waals surface area contributed by atoms with Crippen molar-refractivity contribution in [2.45, 2.75) is 32.9 Å². The second-order valence-corrected chi connectivity index (χ2v) is 4.59. The Bertz CT molecular complexity index is 433. The van der Waals surface area contributed by atoms with Crippen LogP contribution in [0, 0.1) is 11.6 Å². The van der Waals surface area contributed by atoms with Crippen LogP contribution in [0.5, 0.6) is 0 Å². The summed E-state index contributed by atoms with van der Waals surface area (Å²) in [6.07, 6.45) is 0. The van der Waals surface area contributed by atoms with E-state index in [0.29, 0.717) is 12.1 Å². The topological polar surface area (TPSA) is 41.1 Å². The molecule has 3 nitrogen and oxygen atoms in total. The average Bonchev–Trinajstić information content (AvgIpc) is 2.30. The molecule has 0 atom stereocenters. The summed E-state index contributed by atoms with van der Waals surface area (Å²) in [7, 11) is 0. The van der Waals surface area contributed by atoms with Crippen molar-refractivity contribution in [1.82, 2.24) is 10.6 Å². The summed E-state index contributed by atoms with van der Waals surface area (Å²) in [6, 6.07) is 3.57. The maximum atomic E-state index is 13.0. The fourth-order valence-corrected chi connectivity index (χ4v) is 1.58. The third-order valence-electron chi connectivity index (χ3n) is 2.62. The van der Waals surface area contributed by atoms with E-state index in [1.165, 1.54) is 6.07 Å². The van der Waals surface area contributed by atoms with Crippen molar-refractivity contribution >= 4 is 5.91 Å². The SMILES string of the molecule is CCNC(C)(C)C(=O)NCc1ccc(F)c(F)c1. The fourth-order valence-electron chi connectivity index (χ4n) is 1.58. The first-order valence-corrected chi connectivity index (χ1v) is 5.84. The Balaban J connectivity index is 2.60. The van der Waals surface area contributed by atoms with Crippen LogP contribution in [0.15, 0.2) is 18.2 Å². The Morgan fingerprint density at radius 2 is 1.94 bits per heavy atom. The van der Waals surface area contributed by atoms with E-state index < -0.39 is 17.2 Å². The molecule has 0 bridgehead atoms. The number of hydrogen-bond acceptors (Lipinski definition) is 2. The van der Waals surface area contributed by atoms with Crippen LogP contribution >= 0.6 is 0 Å². The predicted molar refractivity (Wildman–Crippen MR) is 66.0 cm³/mol. The molecule has 1 aromatic rings. The van der Waals surface area contributed by atoms with Crippen LogP contribution in [0.1, 0.15) is 26.3 Å². The minimum atomic E-state index is -0.910. The van der Waals surface area contributed by atoms with Crippen LogP contribution < -0.4 is 10.6 Å². The number of benzene rings is 1. The molecule has 0 saturated carbocycles. The first kappa shape index (κ1) is 14.6. The zero-order valence-electron chi connectivity index (χ0n) is 10.8. The molecule has 1 amide bonds. The molecule has 0 radical (unpaired) electrons. The van der Waals surface area contributed by atoms with Crippen LogP contribution in [-0.4, -0.2) is 18.0 Å². The summed E-state index contributed by atoms with van der Waals surface area (Å²) in [5, 5.41) is 5.71. The van der Waals surface area contributed by atoms with Crippen LogP contribution in [0.25, 0.3) is 0 Å². The average molecular weight is 256 g/mol. The van der Waals surface area contributed by atoms with E-state index in [1.807, 2.05) is 6.92 Å². The van der Waals surface area contributed by atoms with Gasteiger partial charge in [-0.25, -0.2) is 8.78 Å². The van der Waals surface area contributed by atoms with Crippen LogP contribution in [0.4, 0.5) is 8.78 Å². The maximum absolute atomic E-state index is 13.0. The van der Waals surface area contributed by atoms with Gasteiger partial charge in [0, 0.05) is 6.54 Å². The summed E-state index contributed by atoms with van der Waals surface area (Å²) < 4.78 is 25.7. The molecular weight excluding hydrogens is 238 g/mol. The molecule has 100 valence electrons. The highest BCUT2D eigenvalue weighted by Crippen LogP contribution is 2.09. The lowest BCUT2D eigenvalue weighted by Crippen LogP contribution is -2.52. The zero-order chi connectivity index (χ0) is 13.8. The number of carbonyl (C=O) groups excluding carboxylic acids is 1. The van der Waals surface area contributed by atoms with Gasteiger partial charge in [-0.3, -0.25) is 4.79 Å². The molecule has 0 aliphatic carbocycles. The van der Waals surface area contributed by atoms with Crippen LogP contribution in [0.3, 0.4) is 0 Å². The summed E-state index contributed by atoms with van der Waals surface area (Å²) in [5.74, 6) is -1.99. The second kappa shape index (κ2) is 5.91. The Morgan fingerprint density at radius 3 is 2.50 bits per heavy atom. The highest BCUT2D eigenvalue weighted by atomic mass is 19.2. The number of likely N-dealkylation sites (N-methyl/N-ethyl adjacent to an activating group) is 1. The molecule has 0 fully saturated rings. The number of rotatable bonds is 5. The smallest absolute Gasteiger partial charge is 0.239 e. The van der Waals surface area contributed by atoms with E-state index in [2.05, 4.69) is 10.6 Å². The largest absolute Gasteiger partial charge is 0.350 e. The van der Waals surface area contributed by atoms with E-state index in [0.717, 1.165) is 12.1 Å². The van der Waals surface area contributed by atoms with Crippen LogP contribution in [0.2, 0.25) is 0 Å². The molecule has 0 aliphatic rings. The molecule has 0 aliphatic heterocycles. The van der Waals surface area contributed by atoms with Gasteiger partial charge in [-0.05, 0) is 38.1 Å². The molecule has 0 unspecified atom stereocenters. The quantitative estimate of drug-likeness (QED) is 0.845. The van der Waals surface area contributed by atoms with Gasteiger partial charge in [-0.1, -0.05) is 13.0 Å². The van der Waals surface area contributed by atoms with E-state index in [9.17, 15) is 13.6 Å². The first-order chi connectivity index (χ1) is 8.36. The molecule has 5 heteroatoms. The third-order valence-corrected chi connectivity index (χ3v) is 2.62. The van der Waals surface area contributed by atoms with Crippen molar-refractivity contribution in [3.8, 4) is 0 Å². The molecule has 1 rings (SSSR count).